The Balaban J connectivity index is 2.30. The number of rotatable bonds is 5. The van der Waals surface area contributed by atoms with E-state index >= 15 is 0 Å². The third kappa shape index (κ3) is 4.20. The Bertz CT molecular complexity index is 654. The topological polar surface area (TPSA) is 15.6 Å². The molecule has 0 aliphatic rings. The summed E-state index contributed by atoms with van der Waals surface area (Å²) in [6.45, 7) is 9.52. The van der Waals surface area contributed by atoms with Crippen LogP contribution in [0.2, 0.25) is 0 Å². The number of benzene rings is 2. The molecule has 0 heterocycles. The molecule has 0 bridgehead atoms. The second kappa shape index (κ2) is 7.26. The summed E-state index contributed by atoms with van der Waals surface area (Å²) in [6, 6.07) is 13.2. The van der Waals surface area contributed by atoms with Gasteiger partial charge in [-0.3, -0.25) is 0 Å². The van der Waals surface area contributed by atoms with Crippen LogP contribution >= 0.6 is 0 Å². The standard InChI is InChI=1S/C20H26N2/c1-6-22(5)14-21-20-12-16(3)11-19(17(20)4)13-18-9-7-15(2)8-10-18/h7-12,14H,6,13H2,1-5H3. The molecule has 0 unspecified atom stereocenters. The molecule has 0 saturated carbocycles. The molecular formula is C20H26N2. The van der Waals surface area contributed by atoms with Gasteiger partial charge in [-0.2, -0.15) is 0 Å². The van der Waals surface area contributed by atoms with Crippen LogP contribution in [0.25, 0.3) is 0 Å². The predicted molar refractivity (Wildman–Crippen MR) is 96.4 cm³/mol. The second-order valence-electron chi connectivity index (χ2n) is 6.05. The molecule has 0 spiro atoms. The monoisotopic (exact) mass is 294 g/mol. The van der Waals surface area contributed by atoms with Crippen LogP contribution in [0.4, 0.5) is 5.69 Å². The fourth-order valence-corrected chi connectivity index (χ4v) is 2.40. The highest BCUT2D eigenvalue weighted by Gasteiger charge is 2.06. The lowest BCUT2D eigenvalue weighted by Crippen LogP contribution is -2.14. The van der Waals surface area contributed by atoms with Crippen molar-refractivity contribution < 1.29 is 0 Å². The Kier molecular flexibility index (Phi) is 5.37. The Morgan fingerprint density at radius 1 is 1.00 bits per heavy atom. The first-order valence-electron chi connectivity index (χ1n) is 7.89. The Morgan fingerprint density at radius 3 is 2.32 bits per heavy atom. The van der Waals surface area contributed by atoms with Gasteiger partial charge in [-0.25, -0.2) is 4.99 Å². The summed E-state index contributed by atoms with van der Waals surface area (Å²) in [7, 11) is 2.04. The van der Waals surface area contributed by atoms with Crippen molar-refractivity contribution >= 4 is 12.0 Å². The van der Waals surface area contributed by atoms with Gasteiger partial charge < -0.3 is 4.90 Å². The molecular weight excluding hydrogens is 268 g/mol. The van der Waals surface area contributed by atoms with E-state index in [4.69, 9.17) is 0 Å². The number of hydrogen-bond donors (Lipinski definition) is 0. The molecule has 0 aliphatic carbocycles. The molecule has 0 aliphatic heterocycles. The normalized spacial score (nSPS) is 11.1. The molecule has 0 fully saturated rings. The van der Waals surface area contributed by atoms with E-state index in [9.17, 15) is 0 Å². The fraction of sp³-hybridized carbons (Fsp3) is 0.350. The number of aryl methyl sites for hydroxylation is 2. The summed E-state index contributed by atoms with van der Waals surface area (Å²) in [5.41, 5.74) is 7.61. The summed E-state index contributed by atoms with van der Waals surface area (Å²) < 4.78 is 0. The molecule has 116 valence electrons. The lowest BCUT2D eigenvalue weighted by molar-refractivity contribution is 0.552. The highest BCUT2D eigenvalue weighted by Crippen LogP contribution is 2.26. The predicted octanol–water partition coefficient (Wildman–Crippen LogP) is 4.81. The van der Waals surface area contributed by atoms with Gasteiger partial charge in [0.25, 0.3) is 0 Å². The van der Waals surface area contributed by atoms with Crippen LogP contribution < -0.4 is 0 Å². The molecule has 0 atom stereocenters. The highest BCUT2D eigenvalue weighted by molar-refractivity contribution is 5.64. The van der Waals surface area contributed by atoms with Gasteiger partial charge in [-0.1, -0.05) is 35.9 Å². The van der Waals surface area contributed by atoms with Crippen molar-refractivity contribution in [3.8, 4) is 0 Å². The van der Waals surface area contributed by atoms with E-state index in [0.29, 0.717) is 0 Å². The Labute approximate surface area is 134 Å². The summed E-state index contributed by atoms with van der Waals surface area (Å²) in [5, 5.41) is 0. The molecule has 0 radical (unpaired) electrons. The minimum atomic E-state index is 0.958. The molecule has 2 nitrogen and oxygen atoms in total. The average Bonchev–Trinajstić information content (AvgIpc) is 2.50. The van der Waals surface area contributed by atoms with Crippen LogP contribution in [0.1, 0.15) is 34.7 Å². The maximum Gasteiger partial charge on any atom is 0.0909 e. The third-order valence-corrected chi connectivity index (χ3v) is 4.04. The zero-order valence-corrected chi connectivity index (χ0v) is 14.4. The van der Waals surface area contributed by atoms with Crippen molar-refractivity contribution in [2.45, 2.75) is 34.1 Å². The molecule has 0 aromatic heterocycles. The molecule has 2 heteroatoms. The summed E-state index contributed by atoms with van der Waals surface area (Å²) in [6.07, 6.45) is 2.87. The maximum atomic E-state index is 4.65. The van der Waals surface area contributed by atoms with Crippen molar-refractivity contribution in [1.82, 2.24) is 4.90 Å². The van der Waals surface area contributed by atoms with E-state index in [0.717, 1.165) is 18.7 Å². The fourth-order valence-electron chi connectivity index (χ4n) is 2.40. The van der Waals surface area contributed by atoms with E-state index in [1.165, 1.54) is 27.8 Å². The molecule has 2 aromatic rings. The van der Waals surface area contributed by atoms with Crippen LogP contribution in [0.3, 0.4) is 0 Å². The van der Waals surface area contributed by atoms with E-state index in [-0.39, 0.29) is 0 Å². The first-order chi connectivity index (χ1) is 10.5. The molecule has 0 N–H and O–H groups in total. The quantitative estimate of drug-likeness (QED) is 0.570. The Morgan fingerprint density at radius 2 is 1.68 bits per heavy atom. The van der Waals surface area contributed by atoms with Crippen LogP contribution in [0.5, 0.6) is 0 Å². The van der Waals surface area contributed by atoms with Gasteiger partial charge in [0.1, 0.15) is 0 Å². The van der Waals surface area contributed by atoms with E-state index in [1.54, 1.807) is 0 Å². The van der Waals surface area contributed by atoms with Gasteiger partial charge in [-0.15, -0.1) is 0 Å². The average molecular weight is 294 g/mol. The second-order valence-corrected chi connectivity index (χ2v) is 6.05. The third-order valence-electron chi connectivity index (χ3n) is 4.04. The van der Waals surface area contributed by atoms with Gasteiger partial charge in [-0.05, 0) is 62.4 Å². The number of nitrogens with zero attached hydrogens (tertiary/aromatic N) is 2. The first kappa shape index (κ1) is 16.3. The van der Waals surface area contributed by atoms with Gasteiger partial charge >= 0.3 is 0 Å². The van der Waals surface area contributed by atoms with Gasteiger partial charge in [0, 0.05) is 13.6 Å². The smallest absolute Gasteiger partial charge is 0.0909 e. The van der Waals surface area contributed by atoms with Crippen LogP contribution in [-0.2, 0) is 6.42 Å². The first-order valence-corrected chi connectivity index (χ1v) is 7.89. The van der Waals surface area contributed by atoms with Crippen molar-refractivity contribution in [1.29, 1.82) is 0 Å². The van der Waals surface area contributed by atoms with Crippen molar-refractivity contribution in [3.63, 3.8) is 0 Å². The zero-order valence-electron chi connectivity index (χ0n) is 14.4. The molecule has 22 heavy (non-hydrogen) atoms. The number of aliphatic imine (C=N–C) groups is 1. The van der Waals surface area contributed by atoms with Gasteiger partial charge in [0.2, 0.25) is 0 Å². The highest BCUT2D eigenvalue weighted by atomic mass is 15.1. The van der Waals surface area contributed by atoms with Crippen LogP contribution in [0, 0.1) is 20.8 Å². The zero-order chi connectivity index (χ0) is 16.1. The molecule has 0 amide bonds. The molecule has 2 rings (SSSR count). The van der Waals surface area contributed by atoms with Crippen molar-refractivity contribution in [2.75, 3.05) is 13.6 Å². The van der Waals surface area contributed by atoms with Crippen molar-refractivity contribution in [3.05, 3.63) is 64.2 Å². The van der Waals surface area contributed by atoms with E-state index in [1.807, 2.05) is 13.4 Å². The largest absolute Gasteiger partial charge is 0.366 e. The van der Waals surface area contributed by atoms with Gasteiger partial charge in [0.05, 0.1) is 12.0 Å². The lowest BCUT2D eigenvalue weighted by Gasteiger charge is -2.13. The summed E-state index contributed by atoms with van der Waals surface area (Å²) >= 11 is 0. The SMILES string of the molecule is CCN(C)C=Nc1cc(C)cc(Cc2ccc(C)cc2)c1C. The maximum absolute atomic E-state index is 4.65. The lowest BCUT2D eigenvalue weighted by atomic mass is 9.97. The summed E-state index contributed by atoms with van der Waals surface area (Å²) in [4.78, 5) is 6.74. The molecule has 2 aromatic carbocycles. The Hall–Kier alpha value is -2.09. The minimum absolute atomic E-state index is 0.958. The van der Waals surface area contributed by atoms with Crippen LogP contribution in [0.15, 0.2) is 41.4 Å². The summed E-state index contributed by atoms with van der Waals surface area (Å²) in [5.74, 6) is 0. The van der Waals surface area contributed by atoms with E-state index in [2.05, 4.69) is 74.0 Å². The molecule has 0 saturated heterocycles. The van der Waals surface area contributed by atoms with Crippen molar-refractivity contribution in [2.24, 2.45) is 4.99 Å². The van der Waals surface area contributed by atoms with Crippen LogP contribution in [-0.4, -0.2) is 24.8 Å². The van der Waals surface area contributed by atoms with Gasteiger partial charge in [0.15, 0.2) is 0 Å². The number of hydrogen-bond acceptors (Lipinski definition) is 1. The minimum Gasteiger partial charge on any atom is -0.366 e. The van der Waals surface area contributed by atoms with E-state index < -0.39 is 0 Å².